The summed E-state index contributed by atoms with van der Waals surface area (Å²) in [5.41, 5.74) is 0. The topological polar surface area (TPSA) is 77.4 Å². The smallest absolute Gasteiger partial charge is 0.748 e. The molecule has 4 nitrogen and oxygen atoms in total. The molecule has 0 fully saturated rings. The Morgan fingerprint density at radius 2 is 1.75 bits per heavy atom. The molecule has 0 spiro atoms. The molecule has 1 N–H and O–H groups in total. The Morgan fingerprint density at radius 1 is 1.19 bits per heavy atom. The van der Waals surface area contributed by atoms with Crippen molar-refractivity contribution in [2.75, 3.05) is 0 Å². The summed E-state index contributed by atoms with van der Waals surface area (Å²) in [6, 6.07) is 0. The molecule has 0 aromatic carbocycles. The standard InChI is InChI=1S/C10H22O4S.K/c1-3-5-6-9(11)7-8-10(4-2)15(12,13)14;/h9-11H,3-8H2,1-2H3,(H,12,13,14);/q;+1/p-1. The van der Waals surface area contributed by atoms with E-state index >= 15 is 0 Å². The van der Waals surface area contributed by atoms with Gasteiger partial charge in [0.25, 0.3) is 0 Å². The van der Waals surface area contributed by atoms with Crippen molar-refractivity contribution in [1.82, 2.24) is 0 Å². The third-order valence-corrected chi connectivity index (χ3v) is 3.96. The van der Waals surface area contributed by atoms with Crippen molar-refractivity contribution >= 4 is 10.1 Å². The van der Waals surface area contributed by atoms with Crippen LogP contribution in [0.2, 0.25) is 0 Å². The third kappa shape index (κ3) is 9.53. The summed E-state index contributed by atoms with van der Waals surface area (Å²) < 4.78 is 32.3. The SMILES string of the molecule is CCCCC(O)CCC(CC)S(=O)(=O)[O-].[K+]. The van der Waals surface area contributed by atoms with Gasteiger partial charge in [-0.2, -0.15) is 0 Å². The van der Waals surface area contributed by atoms with E-state index < -0.39 is 21.5 Å². The minimum atomic E-state index is -4.19. The van der Waals surface area contributed by atoms with Crippen LogP contribution in [0.25, 0.3) is 0 Å². The molecule has 92 valence electrons. The summed E-state index contributed by atoms with van der Waals surface area (Å²) in [7, 11) is -4.19. The first-order valence-corrected chi connectivity index (χ1v) is 7.01. The van der Waals surface area contributed by atoms with E-state index in [0.29, 0.717) is 19.3 Å². The molecule has 0 saturated heterocycles. The molecular formula is C10H21KO4S. The third-order valence-electron chi connectivity index (χ3n) is 2.58. The zero-order valence-electron chi connectivity index (χ0n) is 10.5. The molecule has 0 aliphatic carbocycles. The van der Waals surface area contributed by atoms with Gasteiger partial charge in [-0.15, -0.1) is 0 Å². The maximum Gasteiger partial charge on any atom is 1.00 e. The van der Waals surface area contributed by atoms with E-state index in [1.54, 1.807) is 6.92 Å². The molecule has 0 amide bonds. The summed E-state index contributed by atoms with van der Waals surface area (Å²) in [4.78, 5) is 0. The van der Waals surface area contributed by atoms with Crippen LogP contribution in [-0.4, -0.2) is 29.4 Å². The van der Waals surface area contributed by atoms with Crippen molar-refractivity contribution in [3.8, 4) is 0 Å². The molecule has 0 aliphatic rings. The number of aliphatic hydroxyl groups is 1. The van der Waals surface area contributed by atoms with Gasteiger partial charge < -0.3 is 9.66 Å². The van der Waals surface area contributed by atoms with Crippen molar-refractivity contribution in [3.05, 3.63) is 0 Å². The molecular weight excluding hydrogens is 255 g/mol. The largest absolute Gasteiger partial charge is 1.00 e. The van der Waals surface area contributed by atoms with Gasteiger partial charge in [0.15, 0.2) is 0 Å². The molecule has 6 heteroatoms. The van der Waals surface area contributed by atoms with Gasteiger partial charge in [0.1, 0.15) is 0 Å². The van der Waals surface area contributed by atoms with E-state index in [4.69, 9.17) is 0 Å². The van der Waals surface area contributed by atoms with Crippen LogP contribution >= 0.6 is 0 Å². The van der Waals surface area contributed by atoms with Crippen LogP contribution in [0.1, 0.15) is 52.4 Å². The molecule has 0 radical (unpaired) electrons. The summed E-state index contributed by atoms with van der Waals surface area (Å²) >= 11 is 0. The van der Waals surface area contributed by atoms with Crippen LogP contribution in [0.3, 0.4) is 0 Å². The van der Waals surface area contributed by atoms with E-state index in [1.807, 2.05) is 6.92 Å². The Bertz CT molecular complexity index is 254. The van der Waals surface area contributed by atoms with Crippen molar-refractivity contribution in [3.63, 3.8) is 0 Å². The Labute approximate surface area is 141 Å². The zero-order valence-corrected chi connectivity index (χ0v) is 14.4. The fourth-order valence-corrected chi connectivity index (χ4v) is 2.35. The van der Waals surface area contributed by atoms with Gasteiger partial charge in [-0.25, -0.2) is 8.42 Å². The second kappa shape index (κ2) is 10.4. The van der Waals surface area contributed by atoms with Crippen LogP contribution in [-0.2, 0) is 10.1 Å². The summed E-state index contributed by atoms with van der Waals surface area (Å²) in [5, 5.41) is 8.65. The van der Waals surface area contributed by atoms with Gasteiger partial charge in [0, 0.05) is 5.25 Å². The molecule has 0 aromatic rings. The second-order valence-corrected chi connectivity index (χ2v) is 5.55. The van der Waals surface area contributed by atoms with Crippen molar-refractivity contribution < 1.29 is 69.5 Å². The summed E-state index contributed by atoms with van der Waals surface area (Å²) in [5.74, 6) is 0. The Hall–Kier alpha value is 1.51. The number of rotatable bonds is 8. The van der Waals surface area contributed by atoms with Gasteiger partial charge in [-0.1, -0.05) is 26.7 Å². The Morgan fingerprint density at radius 3 is 2.12 bits per heavy atom. The van der Waals surface area contributed by atoms with Gasteiger partial charge in [0.2, 0.25) is 0 Å². The summed E-state index contributed by atoms with van der Waals surface area (Å²) in [6.45, 7) is 3.71. The van der Waals surface area contributed by atoms with Crippen LogP contribution < -0.4 is 51.4 Å². The Balaban J connectivity index is 0. The van der Waals surface area contributed by atoms with E-state index in [9.17, 15) is 18.1 Å². The number of aliphatic hydroxyl groups excluding tert-OH is 1. The second-order valence-electron chi connectivity index (χ2n) is 3.90. The maximum absolute atomic E-state index is 10.8. The van der Waals surface area contributed by atoms with E-state index in [1.165, 1.54) is 0 Å². The zero-order chi connectivity index (χ0) is 11.9. The minimum Gasteiger partial charge on any atom is -0.748 e. The van der Waals surface area contributed by atoms with Gasteiger partial charge in [-0.05, 0) is 25.7 Å². The summed E-state index contributed by atoms with van der Waals surface area (Å²) in [6.07, 6.45) is 3.16. The van der Waals surface area contributed by atoms with Crippen LogP contribution in [0, 0.1) is 0 Å². The van der Waals surface area contributed by atoms with Crippen LogP contribution in [0.15, 0.2) is 0 Å². The first-order valence-electron chi connectivity index (χ1n) is 5.54. The molecule has 0 heterocycles. The molecule has 2 atom stereocenters. The van der Waals surface area contributed by atoms with Crippen molar-refractivity contribution in [1.29, 1.82) is 0 Å². The predicted octanol–water partition coefficient (Wildman–Crippen LogP) is -1.35. The van der Waals surface area contributed by atoms with Crippen LogP contribution in [0.5, 0.6) is 0 Å². The fraction of sp³-hybridized carbons (Fsp3) is 1.00. The van der Waals surface area contributed by atoms with Gasteiger partial charge in [0.05, 0.1) is 16.2 Å². The van der Waals surface area contributed by atoms with E-state index in [0.717, 1.165) is 12.8 Å². The number of hydrogen-bond acceptors (Lipinski definition) is 4. The molecule has 0 aromatic heterocycles. The molecule has 0 aliphatic heterocycles. The monoisotopic (exact) mass is 276 g/mol. The molecule has 0 saturated carbocycles. The first-order chi connectivity index (χ1) is 6.91. The number of hydrogen-bond donors (Lipinski definition) is 1. The fourth-order valence-electron chi connectivity index (χ4n) is 1.51. The average Bonchev–Trinajstić information content (AvgIpc) is 2.13. The van der Waals surface area contributed by atoms with Gasteiger partial charge in [-0.3, -0.25) is 0 Å². The first kappa shape index (κ1) is 19.8. The predicted molar refractivity (Wildman–Crippen MR) is 58.5 cm³/mol. The number of unbranched alkanes of at least 4 members (excludes halogenated alkanes) is 1. The van der Waals surface area contributed by atoms with Crippen molar-refractivity contribution in [2.45, 2.75) is 63.7 Å². The molecule has 2 unspecified atom stereocenters. The normalized spacial score (nSPS) is 15.2. The molecule has 0 rings (SSSR count). The molecule has 16 heavy (non-hydrogen) atoms. The maximum atomic E-state index is 10.8. The minimum absolute atomic E-state index is 0. The average molecular weight is 276 g/mol. The van der Waals surface area contributed by atoms with Gasteiger partial charge >= 0.3 is 51.4 Å². The van der Waals surface area contributed by atoms with E-state index in [2.05, 4.69) is 0 Å². The van der Waals surface area contributed by atoms with E-state index in [-0.39, 0.29) is 57.8 Å². The molecule has 0 bridgehead atoms. The van der Waals surface area contributed by atoms with Crippen molar-refractivity contribution in [2.24, 2.45) is 0 Å². The van der Waals surface area contributed by atoms with Crippen LogP contribution in [0.4, 0.5) is 0 Å². The quantitative estimate of drug-likeness (QED) is 0.439. The Kier molecular flexibility index (Phi) is 12.9.